The summed E-state index contributed by atoms with van der Waals surface area (Å²) in [4.78, 5) is 12.5. The molecule has 0 heterocycles. The van der Waals surface area contributed by atoms with E-state index < -0.39 is 0 Å². The van der Waals surface area contributed by atoms with Crippen LogP contribution in [0.3, 0.4) is 0 Å². The third-order valence-electron chi connectivity index (χ3n) is 2.58. The standard InChI is InChI=1S/C11H16N2O2/c1-4-12(5-2)10-7-6-8-11(9(10)3)13(14)15/h6-8H,4-5H2,1-3H3. The van der Waals surface area contributed by atoms with E-state index in [1.54, 1.807) is 19.1 Å². The number of nitrogens with zero attached hydrogens (tertiary/aromatic N) is 2. The number of nitro benzene ring substituents is 1. The number of nitro groups is 1. The largest absolute Gasteiger partial charge is 0.372 e. The van der Waals surface area contributed by atoms with Gasteiger partial charge < -0.3 is 4.90 Å². The van der Waals surface area contributed by atoms with Crippen LogP contribution in [0.1, 0.15) is 19.4 Å². The van der Waals surface area contributed by atoms with Crippen molar-refractivity contribution in [3.05, 3.63) is 33.9 Å². The topological polar surface area (TPSA) is 46.4 Å². The summed E-state index contributed by atoms with van der Waals surface area (Å²) in [5.74, 6) is 0. The van der Waals surface area contributed by atoms with Crippen molar-refractivity contribution in [2.24, 2.45) is 0 Å². The summed E-state index contributed by atoms with van der Waals surface area (Å²) in [6.07, 6.45) is 0. The molecule has 1 aromatic rings. The summed E-state index contributed by atoms with van der Waals surface area (Å²) >= 11 is 0. The molecule has 0 aromatic heterocycles. The molecule has 0 saturated carbocycles. The Labute approximate surface area is 89.7 Å². The van der Waals surface area contributed by atoms with Crippen LogP contribution in [0.4, 0.5) is 11.4 Å². The fourth-order valence-corrected chi connectivity index (χ4v) is 1.72. The van der Waals surface area contributed by atoms with Gasteiger partial charge in [-0.05, 0) is 26.8 Å². The number of benzene rings is 1. The van der Waals surface area contributed by atoms with Crippen molar-refractivity contribution in [2.45, 2.75) is 20.8 Å². The van der Waals surface area contributed by atoms with Crippen LogP contribution in [0.15, 0.2) is 18.2 Å². The Bertz CT molecular complexity index is 360. The highest BCUT2D eigenvalue weighted by atomic mass is 16.6. The maximum absolute atomic E-state index is 10.8. The van der Waals surface area contributed by atoms with Gasteiger partial charge >= 0.3 is 0 Å². The molecule has 0 saturated heterocycles. The third kappa shape index (κ3) is 2.26. The molecule has 4 nitrogen and oxygen atoms in total. The van der Waals surface area contributed by atoms with E-state index in [0.29, 0.717) is 0 Å². The molecule has 0 bridgehead atoms. The van der Waals surface area contributed by atoms with E-state index in [4.69, 9.17) is 0 Å². The summed E-state index contributed by atoms with van der Waals surface area (Å²) in [5.41, 5.74) is 1.89. The van der Waals surface area contributed by atoms with Crippen molar-refractivity contribution in [2.75, 3.05) is 18.0 Å². The molecule has 0 N–H and O–H groups in total. The molecule has 82 valence electrons. The third-order valence-corrected chi connectivity index (χ3v) is 2.58. The normalized spacial score (nSPS) is 10.1. The molecular formula is C11H16N2O2. The summed E-state index contributed by atoms with van der Waals surface area (Å²) in [7, 11) is 0. The van der Waals surface area contributed by atoms with Crippen LogP contribution < -0.4 is 4.90 Å². The minimum Gasteiger partial charge on any atom is -0.372 e. The van der Waals surface area contributed by atoms with E-state index in [2.05, 4.69) is 4.90 Å². The second-order valence-corrected chi connectivity index (χ2v) is 3.35. The zero-order chi connectivity index (χ0) is 11.4. The first-order valence-corrected chi connectivity index (χ1v) is 5.10. The zero-order valence-corrected chi connectivity index (χ0v) is 9.36. The number of hydrogen-bond acceptors (Lipinski definition) is 3. The molecule has 0 radical (unpaired) electrons. The lowest BCUT2D eigenvalue weighted by molar-refractivity contribution is -0.385. The fraction of sp³-hybridized carbons (Fsp3) is 0.455. The minimum absolute atomic E-state index is 0.194. The molecule has 0 aliphatic carbocycles. The van der Waals surface area contributed by atoms with Crippen molar-refractivity contribution in [1.29, 1.82) is 0 Å². The van der Waals surface area contributed by atoms with Crippen molar-refractivity contribution >= 4 is 11.4 Å². The van der Waals surface area contributed by atoms with Crippen LogP contribution in [-0.2, 0) is 0 Å². The second-order valence-electron chi connectivity index (χ2n) is 3.35. The monoisotopic (exact) mass is 208 g/mol. The molecule has 4 heteroatoms. The average Bonchev–Trinajstić information content (AvgIpc) is 2.21. The van der Waals surface area contributed by atoms with E-state index in [9.17, 15) is 10.1 Å². The van der Waals surface area contributed by atoms with Gasteiger partial charge in [-0.15, -0.1) is 0 Å². The maximum Gasteiger partial charge on any atom is 0.274 e. The van der Waals surface area contributed by atoms with Gasteiger partial charge in [-0.1, -0.05) is 6.07 Å². The number of hydrogen-bond donors (Lipinski definition) is 0. The Morgan fingerprint density at radius 1 is 1.33 bits per heavy atom. The lowest BCUT2D eigenvalue weighted by atomic mass is 10.1. The van der Waals surface area contributed by atoms with Crippen LogP contribution in [0.2, 0.25) is 0 Å². The molecule has 15 heavy (non-hydrogen) atoms. The van der Waals surface area contributed by atoms with E-state index in [0.717, 1.165) is 24.3 Å². The number of anilines is 1. The van der Waals surface area contributed by atoms with E-state index in [1.165, 1.54) is 0 Å². The lowest BCUT2D eigenvalue weighted by Gasteiger charge is -2.22. The molecule has 0 atom stereocenters. The summed E-state index contributed by atoms with van der Waals surface area (Å²) in [6.45, 7) is 7.60. The summed E-state index contributed by atoms with van der Waals surface area (Å²) in [5, 5.41) is 10.8. The minimum atomic E-state index is -0.331. The summed E-state index contributed by atoms with van der Waals surface area (Å²) in [6, 6.07) is 5.20. The SMILES string of the molecule is CCN(CC)c1cccc([N+](=O)[O-])c1C. The summed E-state index contributed by atoms with van der Waals surface area (Å²) < 4.78 is 0. The average molecular weight is 208 g/mol. The van der Waals surface area contributed by atoms with E-state index in [1.807, 2.05) is 19.9 Å². The highest BCUT2D eigenvalue weighted by Gasteiger charge is 2.15. The molecule has 0 unspecified atom stereocenters. The van der Waals surface area contributed by atoms with Gasteiger partial charge in [0, 0.05) is 24.8 Å². The highest BCUT2D eigenvalue weighted by Crippen LogP contribution is 2.27. The Kier molecular flexibility index (Phi) is 3.66. The Morgan fingerprint density at radius 2 is 1.93 bits per heavy atom. The molecule has 0 fully saturated rings. The maximum atomic E-state index is 10.8. The van der Waals surface area contributed by atoms with Gasteiger partial charge in [0.25, 0.3) is 5.69 Å². The molecule has 0 amide bonds. The van der Waals surface area contributed by atoms with Gasteiger partial charge in [-0.25, -0.2) is 0 Å². The predicted molar refractivity (Wildman–Crippen MR) is 61.4 cm³/mol. The van der Waals surface area contributed by atoms with Crippen LogP contribution >= 0.6 is 0 Å². The Hall–Kier alpha value is -1.58. The molecule has 1 aromatic carbocycles. The lowest BCUT2D eigenvalue weighted by Crippen LogP contribution is -2.22. The smallest absolute Gasteiger partial charge is 0.274 e. The van der Waals surface area contributed by atoms with E-state index >= 15 is 0 Å². The molecule has 0 aliphatic rings. The van der Waals surface area contributed by atoms with Gasteiger partial charge in [0.1, 0.15) is 0 Å². The first kappa shape index (κ1) is 11.5. The first-order chi connectivity index (χ1) is 7.11. The van der Waals surface area contributed by atoms with Crippen LogP contribution in [-0.4, -0.2) is 18.0 Å². The molecule has 0 aliphatic heterocycles. The fourth-order valence-electron chi connectivity index (χ4n) is 1.72. The quantitative estimate of drug-likeness (QED) is 0.564. The molecule has 1 rings (SSSR count). The Morgan fingerprint density at radius 3 is 2.40 bits per heavy atom. The van der Waals surface area contributed by atoms with E-state index in [-0.39, 0.29) is 10.6 Å². The van der Waals surface area contributed by atoms with Crippen molar-refractivity contribution in [3.63, 3.8) is 0 Å². The van der Waals surface area contributed by atoms with Crippen molar-refractivity contribution in [1.82, 2.24) is 0 Å². The Balaban J connectivity index is 3.19. The molecule has 0 spiro atoms. The van der Waals surface area contributed by atoms with Crippen LogP contribution in [0.25, 0.3) is 0 Å². The van der Waals surface area contributed by atoms with Crippen LogP contribution in [0, 0.1) is 17.0 Å². The van der Waals surface area contributed by atoms with Crippen molar-refractivity contribution in [3.8, 4) is 0 Å². The zero-order valence-electron chi connectivity index (χ0n) is 9.36. The highest BCUT2D eigenvalue weighted by molar-refractivity contribution is 5.61. The van der Waals surface area contributed by atoms with Gasteiger partial charge in [-0.3, -0.25) is 10.1 Å². The van der Waals surface area contributed by atoms with Gasteiger partial charge in [0.2, 0.25) is 0 Å². The number of rotatable bonds is 4. The van der Waals surface area contributed by atoms with Crippen molar-refractivity contribution < 1.29 is 4.92 Å². The first-order valence-electron chi connectivity index (χ1n) is 5.10. The van der Waals surface area contributed by atoms with Gasteiger partial charge in [-0.2, -0.15) is 0 Å². The van der Waals surface area contributed by atoms with Gasteiger partial charge in [0.05, 0.1) is 10.5 Å². The van der Waals surface area contributed by atoms with Crippen LogP contribution in [0.5, 0.6) is 0 Å². The second kappa shape index (κ2) is 4.77. The predicted octanol–water partition coefficient (Wildman–Crippen LogP) is 2.75. The molecular weight excluding hydrogens is 192 g/mol. The van der Waals surface area contributed by atoms with Gasteiger partial charge in [0.15, 0.2) is 0 Å².